The zero-order valence-corrected chi connectivity index (χ0v) is 16.3. The average Bonchev–Trinajstić information content (AvgIpc) is 3.40. The summed E-state index contributed by atoms with van der Waals surface area (Å²) >= 11 is 0. The first-order chi connectivity index (χ1) is 13.2. The number of ether oxygens (including phenoxy) is 1. The van der Waals surface area contributed by atoms with Crippen molar-refractivity contribution in [2.45, 2.75) is 88.9 Å². The van der Waals surface area contributed by atoms with Gasteiger partial charge in [0.1, 0.15) is 0 Å². The summed E-state index contributed by atoms with van der Waals surface area (Å²) in [7, 11) is 0. The molecule has 3 rings (SSSR count). The van der Waals surface area contributed by atoms with Gasteiger partial charge in [-0.05, 0) is 50.4 Å². The number of hydrogen-bond donors (Lipinski definition) is 3. The SMILES string of the molecule is O=C(CCC/C=C\C[C@H]1[C@@H](/C=C/C(O)CC2CCCC2)[C@H]2CC[C@@H]1O2)NO. The van der Waals surface area contributed by atoms with Crippen molar-refractivity contribution in [1.82, 2.24) is 5.48 Å². The van der Waals surface area contributed by atoms with E-state index in [0.29, 0.717) is 36.4 Å². The number of nitrogens with one attached hydrogen (secondary N) is 1. The first kappa shape index (κ1) is 20.6. The number of carbonyl (C=O) groups excluding carboxylic acids is 1. The maximum absolute atomic E-state index is 11.0. The molecule has 5 heteroatoms. The quantitative estimate of drug-likeness (QED) is 0.233. The van der Waals surface area contributed by atoms with Crippen LogP contribution in [0.3, 0.4) is 0 Å². The molecule has 0 aromatic heterocycles. The molecule has 1 aliphatic carbocycles. The number of amides is 1. The van der Waals surface area contributed by atoms with Gasteiger partial charge in [0, 0.05) is 12.3 Å². The molecule has 27 heavy (non-hydrogen) atoms. The van der Waals surface area contributed by atoms with Crippen LogP contribution in [0.1, 0.15) is 70.6 Å². The van der Waals surface area contributed by atoms with Crippen LogP contribution >= 0.6 is 0 Å². The highest BCUT2D eigenvalue weighted by atomic mass is 16.5. The first-order valence-electron chi connectivity index (χ1n) is 10.8. The van der Waals surface area contributed by atoms with Crippen molar-refractivity contribution < 1.29 is 19.8 Å². The number of fused-ring (bicyclic) bond motifs is 2. The largest absolute Gasteiger partial charge is 0.389 e. The standard InChI is InChI=1S/C22H35NO4/c24-17(15-16-7-5-6-8-16)11-12-19-18(20-13-14-21(19)27-20)9-3-1-2-4-10-22(25)23-26/h1,3,11-12,16-21,24,26H,2,4-10,13-15H2,(H,23,25)/b3-1-,12-11+/t17?,18-,19+,20-,21+/m0/s1. The molecule has 0 radical (unpaired) electrons. The van der Waals surface area contributed by atoms with Crippen molar-refractivity contribution in [3.63, 3.8) is 0 Å². The molecular formula is C22H35NO4. The predicted octanol–water partition coefficient (Wildman–Crippen LogP) is 3.90. The van der Waals surface area contributed by atoms with Crippen molar-refractivity contribution in [2.75, 3.05) is 0 Å². The van der Waals surface area contributed by atoms with Gasteiger partial charge in [0.25, 0.3) is 0 Å². The maximum Gasteiger partial charge on any atom is 0.243 e. The number of aliphatic hydroxyl groups is 1. The lowest BCUT2D eigenvalue weighted by Gasteiger charge is -2.25. The van der Waals surface area contributed by atoms with Gasteiger partial charge in [-0.1, -0.05) is 50.0 Å². The molecule has 1 unspecified atom stereocenters. The summed E-state index contributed by atoms with van der Waals surface area (Å²) in [6.45, 7) is 0. The normalized spacial score (nSPS) is 32.1. The second kappa shape index (κ2) is 10.4. The number of unbranched alkanes of at least 4 members (excludes halogenated alkanes) is 1. The molecule has 3 N–H and O–H groups in total. The lowest BCUT2D eigenvalue weighted by atomic mass is 9.77. The van der Waals surface area contributed by atoms with Crippen LogP contribution < -0.4 is 5.48 Å². The summed E-state index contributed by atoms with van der Waals surface area (Å²) in [6, 6.07) is 0. The van der Waals surface area contributed by atoms with Crippen LogP contribution in [0.2, 0.25) is 0 Å². The monoisotopic (exact) mass is 377 g/mol. The summed E-state index contributed by atoms with van der Waals surface area (Å²) in [6.07, 6.45) is 20.2. The fraction of sp³-hybridized carbons (Fsp3) is 0.773. The van der Waals surface area contributed by atoms with Gasteiger partial charge in [0.2, 0.25) is 5.91 Å². The van der Waals surface area contributed by atoms with Gasteiger partial charge in [-0.2, -0.15) is 0 Å². The molecule has 1 saturated carbocycles. The Morgan fingerprint density at radius 1 is 1.15 bits per heavy atom. The average molecular weight is 378 g/mol. The van der Waals surface area contributed by atoms with E-state index in [-0.39, 0.29) is 12.0 Å². The van der Waals surface area contributed by atoms with Crippen LogP contribution in [0.5, 0.6) is 0 Å². The van der Waals surface area contributed by atoms with Gasteiger partial charge in [-0.25, -0.2) is 5.48 Å². The van der Waals surface area contributed by atoms with E-state index >= 15 is 0 Å². The van der Waals surface area contributed by atoms with E-state index in [1.807, 2.05) is 6.08 Å². The molecule has 0 aromatic rings. The molecule has 5 atom stereocenters. The van der Waals surface area contributed by atoms with Gasteiger partial charge >= 0.3 is 0 Å². The van der Waals surface area contributed by atoms with Crippen LogP contribution in [0.25, 0.3) is 0 Å². The van der Waals surface area contributed by atoms with Crippen molar-refractivity contribution in [2.24, 2.45) is 17.8 Å². The van der Waals surface area contributed by atoms with E-state index in [9.17, 15) is 9.90 Å². The third-order valence-electron chi connectivity index (χ3n) is 6.57. The minimum Gasteiger partial charge on any atom is -0.389 e. The van der Waals surface area contributed by atoms with E-state index in [4.69, 9.17) is 9.94 Å². The summed E-state index contributed by atoms with van der Waals surface area (Å²) in [4.78, 5) is 11.0. The fourth-order valence-electron chi connectivity index (χ4n) is 5.12. The Bertz CT molecular complexity index is 526. The van der Waals surface area contributed by atoms with Crippen molar-refractivity contribution >= 4 is 5.91 Å². The molecule has 3 aliphatic rings. The van der Waals surface area contributed by atoms with Gasteiger partial charge in [0.05, 0.1) is 18.3 Å². The highest BCUT2D eigenvalue weighted by molar-refractivity contribution is 5.74. The molecular weight excluding hydrogens is 342 g/mol. The topological polar surface area (TPSA) is 78.8 Å². The fourth-order valence-corrected chi connectivity index (χ4v) is 5.12. The van der Waals surface area contributed by atoms with Crippen LogP contribution in [0, 0.1) is 17.8 Å². The maximum atomic E-state index is 11.0. The van der Waals surface area contributed by atoms with Crippen molar-refractivity contribution in [3.05, 3.63) is 24.3 Å². The summed E-state index contributed by atoms with van der Waals surface area (Å²) in [5.41, 5.74) is 1.66. The Kier molecular flexibility index (Phi) is 7.92. The lowest BCUT2D eigenvalue weighted by Crippen LogP contribution is -2.25. The number of carbonyl (C=O) groups is 1. The van der Waals surface area contributed by atoms with Gasteiger partial charge in [-0.15, -0.1) is 0 Å². The summed E-state index contributed by atoms with van der Waals surface area (Å²) in [5, 5.41) is 18.9. The third-order valence-corrected chi connectivity index (χ3v) is 6.57. The smallest absolute Gasteiger partial charge is 0.243 e. The summed E-state index contributed by atoms with van der Waals surface area (Å²) < 4.78 is 6.14. The Labute approximate surface area is 162 Å². The Balaban J connectivity index is 1.44. The minimum absolute atomic E-state index is 0.316. The lowest BCUT2D eigenvalue weighted by molar-refractivity contribution is -0.129. The first-order valence-corrected chi connectivity index (χ1v) is 10.8. The molecule has 2 bridgehead atoms. The highest BCUT2D eigenvalue weighted by Crippen LogP contribution is 2.46. The van der Waals surface area contributed by atoms with E-state index in [1.54, 1.807) is 5.48 Å². The molecule has 3 fully saturated rings. The predicted molar refractivity (Wildman–Crippen MR) is 104 cm³/mol. The molecule has 0 spiro atoms. The highest BCUT2D eigenvalue weighted by Gasteiger charge is 2.46. The van der Waals surface area contributed by atoms with E-state index in [2.05, 4.69) is 18.2 Å². The zero-order valence-electron chi connectivity index (χ0n) is 16.3. The van der Waals surface area contributed by atoms with Crippen LogP contribution in [0.15, 0.2) is 24.3 Å². The van der Waals surface area contributed by atoms with Crippen LogP contribution in [-0.2, 0) is 9.53 Å². The number of hydrogen-bond acceptors (Lipinski definition) is 4. The second-order valence-electron chi connectivity index (χ2n) is 8.50. The number of hydroxylamine groups is 1. The van der Waals surface area contributed by atoms with Gasteiger partial charge in [-0.3, -0.25) is 10.0 Å². The second-order valence-corrected chi connectivity index (χ2v) is 8.50. The van der Waals surface area contributed by atoms with Crippen molar-refractivity contribution in [3.8, 4) is 0 Å². The van der Waals surface area contributed by atoms with Crippen molar-refractivity contribution in [1.29, 1.82) is 0 Å². The Hall–Kier alpha value is -1.17. The van der Waals surface area contributed by atoms with Crippen LogP contribution in [-0.4, -0.2) is 34.5 Å². The third kappa shape index (κ3) is 5.90. The molecule has 2 saturated heterocycles. The minimum atomic E-state index is -0.328. The van der Waals surface area contributed by atoms with Crippen LogP contribution in [0.4, 0.5) is 0 Å². The van der Waals surface area contributed by atoms with E-state index in [0.717, 1.165) is 38.5 Å². The van der Waals surface area contributed by atoms with E-state index < -0.39 is 0 Å². The Morgan fingerprint density at radius 2 is 1.93 bits per heavy atom. The van der Waals surface area contributed by atoms with Gasteiger partial charge < -0.3 is 9.84 Å². The molecule has 152 valence electrons. The number of aliphatic hydroxyl groups excluding tert-OH is 1. The van der Waals surface area contributed by atoms with E-state index in [1.165, 1.54) is 25.7 Å². The molecule has 2 aliphatic heterocycles. The molecule has 0 aromatic carbocycles. The Morgan fingerprint density at radius 3 is 2.70 bits per heavy atom. The molecule has 5 nitrogen and oxygen atoms in total. The molecule has 1 amide bonds. The zero-order chi connectivity index (χ0) is 19.1. The number of allylic oxidation sites excluding steroid dienone is 2. The van der Waals surface area contributed by atoms with Gasteiger partial charge in [0.15, 0.2) is 0 Å². The number of rotatable bonds is 10. The summed E-state index contributed by atoms with van der Waals surface area (Å²) in [5.74, 6) is 1.28. The molecule has 2 heterocycles.